The van der Waals surface area contributed by atoms with E-state index in [4.69, 9.17) is 0 Å². The van der Waals surface area contributed by atoms with E-state index in [9.17, 15) is 9.18 Å². The molecule has 5 nitrogen and oxygen atoms in total. The zero-order chi connectivity index (χ0) is 13.3. The summed E-state index contributed by atoms with van der Waals surface area (Å²) in [5.74, 6) is -0.0886. The van der Waals surface area contributed by atoms with Crippen molar-refractivity contribution in [2.45, 2.75) is 24.7 Å². The number of carbonyl (C=O) groups is 1. The van der Waals surface area contributed by atoms with Crippen LogP contribution in [0.5, 0.6) is 0 Å². The normalized spacial score (nSPS) is 16.7. The second kappa shape index (κ2) is 4.46. The maximum atomic E-state index is 13.0. The third-order valence-corrected chi connectivity index (χ3v) is 3.69. The molecule has 3 rings (SSSR count). The molecule has 1 aromatic carbocycles. The molecule has 1 heterocycles. The summed E-state index contributed by atoms with van der Waals surface area (Å²) in [6.07, 6.45) is 3.85. The molecular formula is C13H13FN4O. The van der Waals surface area contributed by atoms with Crippen molar-refractivity contribution in [2.75, 3.05) is 5.32 Å². The van der Waals surface area contributed by atoms with Crippen molar-refractivity contribution < 1.29 is 9.18 Å². The Balaban J connectivity index is 1.86. The lowest BCUT2D eigenvalue weighted by molar-refractivity contribution is -0.124. The zero-order valence-corrected chi connectivity index (χ0v) is 10.2. The van der Waals surface area contributed by atoms with Crippen LogP contribution in [0.1, 0.15) is 24.8 Å². The van der Waals surface area contributed by atoms with Crippen LogP contribution >= 0.6 is 0 Å². The smallest absolute Gasteiger partial charge is 0.237 e. The van der Waals surface area contributed by atoms with Crippen LogP contribution < -0.4 is 5.32 Å². The number of rotatable bonds is 3. The largest absolute Gasteiger partial charge is 0.294 e. The lowest BCUT2D eigenvalue weighted by Crippen LogP contribution is -2.46. The molecule has 1 saturated carbocycles. The van der Waals surface area contributed by atoms with E-state index in [0.717, 1.165) is 24.8 Å². The van der Waals surface area contributed by atoms with Crippen molar-refractivity contribution in [2.24, 2.45) is 0 Å². The van der Waals surface area contributed by atoms with Crippen molar-refractivity contribution in [1.29, 1.82) is 0 Å². The Morgan fingerprint density at radius 1 is 1.32 bits per heavy atom. The van der Waals surface area contributed by atoms with Gasteiger partial charge in [-0.1, -0.05) is 18.6 Å². The Labute approximate surface area is 109 Å². The topological polar surface area (TPSA) is 70.7 Å². The summed E-state index contributed by atoms with van der Waals surface area (Å²) < 4.78 is 13.0. The number of nitrogens with one attached hydrogen (secondary N) is 2. The number of aromatic amines is 1. The number of carbonyl (C=O) groups excluding carboxylic acids is 1. The molecule has 2 aromatic rings. The molecule has 2 N–H and O–H groups in total. The van der Waals surface area contributed by atoms with Crippen LogP contribution in [0.3, 0.4) is 0 Å². The van der Waals surface area contributed by atoms with Crippen LogP contribution in [0.25, 0.3) is 0 Å². The van der Waals surface area contributed by atoms with Gasteiger partial charge in [-0.05, 0) is 30.5 Å². The summed E-state index contributed by atoms with van der Waals surface area (Å²) in [4.78, 5) is 16.3. The van der Waals surface area contributed by atoms with E-state index >= 15 is 0 Å². The van der Waals surface area contributed by atoms with Crippen molar-refractivity contribution in [3.63, 3.8) is 0 Å². The molecule has 0 radical (unpaired) electrons. The number of nitrogens with zero attached hydrogens (tertiary/aromatic N) is 2. The highest BCUT2D eigenvalue weighted by Crippen LogP contribution is 2.44. The average Bonchev–Trinajstić information content (AvgIpc) is 2.83. The minimum atomic E-state index is -0.569. The first-order chi connectivity index (χ1) is 9.21. The van der Waals surface area contributed by atoms with Gasteiger partial charge in [0.1, 0.15) is 12.1 Å². The predicted molar refractivity (Wildman–Crippen MR) is 66.9 cm³/mol. The fraction of sp³-hybridized carbons (Fsp3) is 0.308. The van der Waals surface area contributed by atoms with Crippen molar-refractivity contribution in [1.82, 2.24) is 15.2 Å². The Kier molecular flexibility index (Phi) is 2.77. The van der Waals surface area contributed by atoms with E-state index in [-0.39, 0.29) is 11.7 Å². The molecule has 98 valence electrons. The quantitative estimate of drug-likeness (QED) is 0.886. The molecule has 1 aliphatic carbocycles. The van der Waals surface area contributed by atoms with E-state index in [2.05, 4.69) is 20.5 Å². The van der Waals surface area contributed by atoms with E-state index in [0.29, 0.717) is 5.95 Å². The highest BCUT2D eigenvalue weighted by atomic mass is 19.1. The molecule has 0 atom stereocenters. The first-order valence-corrected chi connectivity index (χ1v) is 6.14. The predicted octanol–water partition coefficient (Wildman–Crippen LogP) is 2.00. The molecule has 0 bridgehead atoms. The van der Waals surface area contributed by atoms with Gasteiger partial charge in [-0.2, -0.15) is 10.1 Å². The van der Waals surface area contributed by atoms with Gasteiger partial charge in [-0.3, -0.25) is 10.1 Å². The van der Waals surface area contributed by atoms with Crippen LogP contribution in [-0.2, 0) is 10.2 Å². The minimum absolute atomic E-state index is 0.123. The SMILES string of the molecule is O=C(Nc1ncn[nH]1)C1(c2ccc(F)cc2)CCC1. The standard InChI is InChI=1S/C13H13FN4O/c14-10-4-2-9(3-5-10)13(6-1-7-13)11(19)17-12-15-8-16-18-12/h2-5,8H,1,6-7H2,(H2,15,16,17,18,19). The van der Waals surface area contributed by atoms with Crippen LogP contribution in [-0.4, -0.2) is 21.1 Å². The number of halogens is 1. The molecule has 1 aromatic heterocycles. The third-order valence-electron chi connectivity index (χ3n) is 3.69. The summed E-state index contributed by atoms with van der Waals surface area (Å²) in [5, 5.41) is 9.00. The van der Waals surface area contributed by atoms with Gasteiger partial charge in [-0.15, -0.1) is 0 Å². The summed E-state index contributed by atoms with van der Waals surface area (Å²) in [5.41, 5.74) is 0.276. The van der Waals surface area contributed by atoms with E-state index in [1.54, 1.807) is 12.1 Å². The Bertz CT molecular complexity index is 575. The number of aromatic nitrogens is 3. The van der Waals surface area contributed by atoms with Gasteiger partial charge in [0.25, 0.3) is 0 Å². The van der Waals surface area contributed by atoms with Crippen LogP contribution in [0, 0.1) is 5.82 Å². The van der Waals surface area contributed by atoms with Gasteiger partial charge in [0.05, 0.1) is 5.41 Å². The fourth-order valence-electron chi connectivity index (χ4n) is 2.44. The van der Waals surface area contributed by atoms with Crippen LogP contribution in [0.2, 0.25) is 0 Å². The second-order valence-corrected chi connectivity index (χ2v) is 4.73. The van der Waals surface area contributed by atoms with E-state index < -0.39 is 5.41 Å². The van der Waals surface area contributed by atoms with Crippen molar-refractivity contribution in [3.8, 4) is 0 Å². The van der Waals surface area contributed by atoms with Crippen LogP contribution in [0.15, 0.2) is 30.6 Å². The molecule has 0 unspecified atom stereocenters. The molecule has 1 fully saturated rings. The van der Waals surface area contributed by atoms with E-state index in [1.807, 2.05) is 0 Å². The molecule has 19 heavy (non-hydrogen) atoms. The maximum Gasteiger partial charge on any atom is 0.237 e. The Hall–Kier alpha value is -2.24. The Morgan fingerprint density at radius 3 is 2.58 bits per heavy atom. The highest BCUT2D eigenvalue weighted by Gasteiger charge is 2.45. The summed E-state index contributed by atoms with van der Waals surface area (Å²) in [6.45, 7) is 0. The number of hydrogen-bond acceptors (Lipinski definition) is 3. The van der Waals surface area contributed by atoms with Crippen LogP contribution in [0.4, 0.5) is 10.3 Å². The van der Waals surface area contributed by atoms with Gasteiger partial charge in [-0.25, -0.2) is 9.49 Å². The van der Waals surface area contributed by atoms with Gasteiger partial charge in [0.2, 0.25) is 11.9 Å². The second-order valence-electron chi connectivity index (χ2n) is 4.73. The zero-order valence-electron chi connectivity index (χ0n) is 10.2. The van der Waals surface area contributed by atoms with Crippen molar-refractivity contribution >= 4 is 11.9 Å². The molecule has 0 aliphatic heterocycles. The molecular weight excluding hydrogens is 247 g/mol. The molecule has 0 saturated heterocycles. The molecule has 1 aliphatic rings. The number of H-pyrrole nitrogens is 1. The molecule has 6 heteroatoms. The lowest BCUT2D eigenvalue weighted by atomic mass is 9.64. The highest BCUT2D eigenvalue weighted by molar-refractivity contribution is 5.98. The number of hydrogen-bond donors (Lipinski definition) is 2. The average molecular weight is 260 g/mol. The van der Waals surface area contributed by atoms with Crippen molar-refractivity contribution in [3.05, 3.63) is 42.0 Å². The summed E-state index contributed by atoms with van der Waals surface area (Å²) in [6, 6.07) is 6.12. The fourth-order valence-corrected chi connectivity index (χ4v) is 2.44. The summed E-state index contributed by atoms with van der Waals surface area (Å²) in [7, 11) is 0. The van der Waals surface area contributed by atoms with Gasteiger partial charge < -0.3 is 0 Å². The third kappa shape index (κ3) is 1.99. The maximum absolute atomic E-state index is 13.0. The Morgan fingerprint density at radius 2 is 2.05 bits per heavy atom. The number of amides is 1. The van der Waals surface area contributed by atoms with Gasteiger partial charge in [0, 0.05) is 0 Å². The first kappa shape index (κ1) is 11.8. The molecule has 0 spiro atoms. The van der Waals surface area contributed by atoms with Gasteiger partial charge >= 0.3 is 0 Å². The number of anilines is 1. The van der Waals surface area contributed by atoms with E-state index in [1.165, 1.54) is 18.5 Å². The minimum Gasteiger partial charge on any atom is -0.294 e. The molecule has 1 amide bonds. The monoisotopic (exact) mass is 260 g/mol. The number of benzene rings is 1. The van der Waals surface area contributed by atoms with Gasteiger partial charge in [0.15, 0.2) is 0 Å². The first-order valence-electron chi connectivity index (χ1n) is 6.14. The lowest BCUT2D eigenvalue weighted by Gasteiger charge is -2.40. The summed E-state index contributed by atoms with van der Waals surface area (Å²) >= 11 is 0.